The van der Waals surface area contributed by atoms with Gasteiger partial charge in [0.15, 0.2) is 0 Å². The number of nitrogens with zero attached hydrogens (tertiary/aromatic N) is 4. The zero-order valence-corrected chi connectivity index (χ0v) is 11.4. The van der Waals surface area contributed by atoms with Crippen molar-refractivity contribution in [3.8, 4) is 11.9 Å². The standard InChI is InChI=1S/C13H19N5O/c1-3-18(9-11-5-4-6-15-11)13-16-8-10(7-14)12(17-13)19-2/h8,11,15H,3-6,9H2,1-2H3/t11-/m1/s1. The molecular formula is C13H19N5O. The van der Waals surface area contributed by atoms with Crippen LogP contribution in [-0.4, -0.2) is 42.8 Å². The second-order valence-corrected chi connectivity index (χ2v) is 4.54. The van der Waals surface area contributed by atoms with Crippen LogP contribution < -0.4 is 15.0 Å². The molecule has 2 rings (SSSR count). The minimum atomic E-state index is 0.338. The van der Waals surface area contributed by atoms with Gasteiger partial charge in [-0.3, -0.25) is 0 Å². The maximum absolute atomic E-state index is 8.93. The molecule has 2 heterocycles. The van der Waals surface area contributed by atoms with Crippen LogP contribution in [0.5, 0.6) is 5.88 Å². The van der Waals surface area contributed by atoms with Crippen molar-refractivity contribution in [2.45, 2.75) is 25.8 Å². The third-order valence-electron chi connectivity index (χ3n) is 3.32. The molecule has 6 heteroatoms. The quantitative estimate of drug-likeness (QED) is 0.850. The van der Waals surface area contributed by atoms with E-state index in [1.807, 2.05) is 6.07 Å². The number of methoxy groups -OCH3 is 1. The van der Waals surface area contributed by atoms with Gasteiger partial charge in [0.2, 0.25) is 11.8 Å². The van der Waals surface area contributed by atoms with E-state index < -0.39 is 0 Å². The van der Waals surface area contributed by atoms with Gasteiger partial charge in [-0.25, -0.2) is 4.98 Å². The summed E-state index contributed by atoms with van der Waals surface area (Å²) in [6.45, 7) is 4.86. The second kappa shape index (κ2) is 6.34. The highest BCUT2D eigenvalue weighted by molar-refractivity contribution is 5.42. The van der Waals surface area contributed by atoms with Gasteiger partial charge in [-0.15, -0.1) is 0 Å². The molecule has 0 spiro atoms. The van der Waals surface area contributed by atoms with E-state index >= 15 is 0 Å². The van der Waals surface area contributed by atoms with Crippen molar-refractivity contribution in [3.63, 3.8) is 0 Å². The summed E-state index contributed by atoms with van der Waals surface area (Å²) in [5, 5.41) is 12.4. The molecule has 1 aromatic heterocycles. The first-order valence-electron chi connectivity index (χ1n) is 6.58. The first kappa shape index (κ1) is 13.6. The molecule has 0 aromatic carbocycles. The first-order chi connectivity index (χ1) is 9.28. The van der Waals surface area contributed by atoms with Gasteiger partial charge in [-0.05, 0) is 26.3 Å². The summed E-state index contributed by atoms with van der Waals surface area (Å²) in [5.41, 5.74) is 0.362. The van der Waals surface area contributed by atoms with Gasteiger partial charge in [0, 0.05) is 19.1 Å². The van der Waals surface area contributed by atoms with Crippen LogP contribution in [0.3, 0.4) is 0 Å². The Kier molecular flexibility index (Phi) is 4.53. The summed E-state index contributed by atoms with van der Waals surface area (Å²) < 4.78 is 5.13. The lowest BCUT2D eigenvalue weighted by Crippen LogP contribution is -2.38. The van der Waals surface area contributed by atoms with E-state index in [1.54, 1.807) is 0 Å². The molecule has 0 saturated carbocycles. The normalized spacial score (nSPS) is 18.1. The van der Waals surface area contributed by atoms with Crippen molar-refractivity contribution >= 4 is 5.95 Å². The summed E-state index contributed by atoms with van der Waals surface area (Å²) in [6.07, 6.45) is 3.93. The van der Waals surface area contributed by atoms with Crippen molar-refractivity contribution in [3.05, 3.63) is 11.8 Å². The SMILES string of the molecule is CCN(C[C@H]1CCCN1)c1ncc(C#N)c(OC)n1. The number of nitrogens with one attached hydrogen (secondary N) is 1. The first-order valence-corrected chi connectivity index (χ1v) is 6.58. The molecule has 6 nitrogen and oxygen atoms in total. The second-order valence-electron chi connectivity index (χ2n) is 4.54. The molecule has 0 unspecified atom stereocenters. The van der Waals surface area contributed by atoms with E-state index in [2.05, 4.69) is 27.1 Å². The average Bonchev–Trinajstić information content (AvgIpc) is 2.97. The van der Waals surface area contributed by atoms with Crippen molar-refractivity contribution in [2.75, 3.05) is 31.6 Å². The van der Waals surface area contributed by atoms with Crippen molar-refractivity contribution in [2.24, 2.45) is 0 Å². The molecule has 19 heavy (non-hydrogen) atoms. The maximum atomic E-state index is 8.93. The highest BCUT2D eigenvalue weighted by Gasteiger charge is 2.19. The summed E-state index contributed by atoms with van der Waals surface area (Å²) in [6, 6.07) is 2.51. The van der Waals surface area contributed by atoms with Gasteiger partial charge >= 0.3 is 0 Å². The molecule has 1 atom stereocenters. The molecule has 1 N–H and O–H groups in total. The summed E-state index contributed by atoms with van der Waals surface area (Å²) >= 11 is 0. The van der Waals surface area contributed by atoms with Crippen molar-refractivity contribution in [1.29, 1.82) is 5.26 Å². The fourth-order valence-electron chi connectivity index (χ4n) is 2.27. The van der Waals surface area contributed by atoms with Gasteiger partial charge in [0.05, 0.1) is 13.3 Å². The van der Waals surface area contributed by atoms with E-state index in [9.17, 15) is 0 Å². The van der Waals surface area contributed by atoms with E-state index in [0.29, 0.717) is 23.4 Å². The number of aromatic nitrogens is 2. The maximum Gasteiger partial charge on any atom is 0.236 e. The Morgan fingerprint density at radius 1 is 1.63 bits per heavy atom. The van der Waals surface area contributed by atoms with Gasteiger partial charge in [-0.2, -0.15) is 10.2 Å². The molecule has 1 saturated heterocycles. The highest BCUT2D eigenvalue weighted by atomic mass is 16.5. The third kappa shape index (κ3) is 3.12. The summed E-state index contributed by atoms with van der Waals surface area (Å²) in [7, 11) is 1.52. The van der Waals surface area contributed by atoms with Crippen molar-refractivity contribution in [1.82, 2.24) is 15.3 Å². The van der Waals surface area contributed by atoms with E-state index in [0.717, 1.165) is 19.6 Å². The lowest BCUT2D eigenvalue weighted by atomic mass is 10.2. The third-order valence-corrected chi connectivity index (χ3v) is 3.32. The fraction of sp³-hybridized carbons (Fsp3) is 0.615. The number of anilines is 1. The number of hydrogen-bond acceptors (Lipinski definition) is 6. The van der Waals surface area contributed by atoms with Gasteiger partial charge in [0.1, 0.15) is 11.6 Å². The molecule has 0 radical (unpaired) electrons. The molecule has 1 aliphatic rings. The monoisotopic (exact) mass is 261 g/mol. The topological polar surface area (TPSA) is 74.1 Å². The predicted molar refractivity (Wildman–Crippen MR) is 72.2 cm³/mol. The van der Waals surface area contributed by atoms with Crippen LogP contribution in [0.4, 0.5) is 5.95 Å². The lowest BCUT2D eigenvalue weighted by molar-refractivity contribution is 0.395. The van der Waals surface area contributed by atoms with Crippen LogP contribution in [-0.2, 0) is 0 Å². The molecule has 1 aromatic rings. The Bertz CT molecular complexity index is 465. The predicted octanol–water partition coefficient (Wildman–Crippen LogP) is 0.935. The molecular weight excluding hydrogens is 242 g/mol. The van der Waals surface area contributed by atoms with Gasteiger partial charge in [-0.1, -0.05) is 0 Å². The van der Waals surface area contributed by atoms with E-state index in [1.165, 1.54) is 26.1 Å². The van der Waals surface area contributed by atoms with Crippen molar-refractivity contribution < 1.29 is 4.74 Å². The Labute approximate surface area is 113 Å². The minimum absolute atomic E-state index is 0.338. The summed E-state index contributed by atoms with van der Waals surface area (Å²) in [5.74, 6) is 0.956. The molecule has 0 bridgehead atoms. The Morgan fingerprint density at radius 3 is 3.05 bits per heavy atom. The fourth-order valence-corrected chi connectivity index (χ4v) is 2.27. The number of ether oxygens (including phenoxy) is 1. The largest absolute Gasteiger partial charge is 0.480 e. The van der Waals surface area contributed by atoms with Crippen LogP contribution in [0.15, 0.2) is 6.20 Å². The molecule has 102 valence electrons. The smallest absolute Gasteiger partial charge is 0.236 e. The average molecular weight is 261 g/mol. The Hall–Kier alpha value is -1.87. The molecule has 0 aliphatic carbocycles. The Morgan fingerprint density at radius 2 is 2.47 bits per heavy atom. The number of rotatable bonds is 5. The minimum Gasteiger partial charge on any atom is -0.480 e. The zero-order chi connectivity index (χ0) is 13.7. The number of nitriles is 1. The Balaban J connectivity index is 2.15. The summed E-state index contributed by atoms with van der Waals surface area (Å²) in [4.78, 5) is 10.7. The number of likely N-dealkylation sites (N-methyl/N-ethyl adjacent to an activating group) is 1. The van der Waals surface area contributed by atoms with Crippen LogP contribution >= 0.6 is 0 Å². The van der Waals surface area contributed by atoms with Crippen LogP contribution in [0, 0.1) is 11.3 Å². The lowest BCUT2D eigenvalue weighted by Gasteiger charge is -2.24. The van der Waals surface area contributed by atoms with Crippen LogP contribution in [0.25, 0.3) is 0 Å². The van der Waals surface area contributed by atoms with Gasteiger partial charge in [0.25, 0.3) is 0 Å². The van der Waals surface area contributed by atoms with Gasteiger partial charge < -0.3 is 15.0 Å². The van der Waals surface area contributed by atoms with Crippen LogP contribution in [0.2, 0.25) is 0 Å². The molecule has 0 amide bonds. The zero-order valence-electron chi connectivity index (χ0n) is 11.4. The van der Waals surface area contributed by atoms with E-state index in [4.69, 9.17) is 10.00 Å². The van der Waals surface area contributed by atoms with Crippen LogP contribution in [0.1, 0.15) is 25.3 Å². The molecule has 1 fully saturated rings. The number of hydrogen-bond donors (Lipinski definition) is 1. The van der Waals surface area contributed by atoms with E-state index in [-0.39, 0.29) is 0 Å². The molecule has 1 aliphatic heterocycles. The highest BCUT2D eigenvalue weighted by Crippen LogP contribution is 2.18.